The van der Waals surface area contributed by atoms with Crippen molar-refractivity contribution in [2.24, 2.45) is 0 Å². The molecule has 1 spiro atoms. The van der Waals surface area contributed by atoms with Crippen LogP contribution in [-0.2, 0) is 10.8 Å². The summed E-state index contributed by atoms with van der Waals surface area (Å²) in [5, 5.41) is 1.37. The van der Waals surface area contributed by atoms with Crippen LogP contribution in [-0.4, -0.2) is 0 Å². The first-order valence-corrected chi connectivity index (χ1v) is 20.6. The first-order valence-electron chi connectivity index (χ1n) is 19.7. The van der Waals surface area contributed by atoms with Crippen molar-refractivity contribution in [3.05, 3.63) is 225 Å². The van der Waals surface area contributed by atoms with E-state index in [1.807, 2.05) is 12.1 Å². The molecule has 12 rings (SSSR count). The van der Waals surface area contributed by atoms with Gasteiger partial charge in [0.1, 0.15) is 0 Å². The van der Waals surface area contributed by atoms with Crippen LogP contribution in [0.5, 0.6) is 0 Å². The van der Waals surface area contributed by atoms with E-state index in [-0.39, 0.29) is 10.8 Å². The zero-order chi connectivity index (χ0) is 38.9. The molecule has 58 heavy (non-hydrogen) atoms. The van der Waals surface area contributed by atoms with E-state index in [0.717, 1.165) is 37.6 Å². The van der Waals surface area contributed by atoms with Crippen LogP contribution in [0.3, 0.4) is 0 Å². The van der Waals surface area contributed by atoms with Gasteiger partial charge in [0.05, 0.1) is 12.0 Å². The van der Waals surface area contributed by atoms with Gasteiger partial charge in [-0.25, -0.2) is 4.85 Å². The smallest absolute Gasteiger partial charge is 0.195 e. The maximum absolute atomic E-state index is 14.4. The Morgan fingerprint density at radius 1 is 0.466 bits per heavy atom. The van der Waals surface area contributed by atoms with Gasteiger partial charge in [0.25, 0.3) is 0 Å². The van der Waals surface area contributed by atoms with E-state index in [0.29, 0.717) is 16.5 Å². The summed E-state index contributed by atoms with van der Waals surface area (Å²) in [5.74, 6) is 0. The molecule has 0 fully saturated rings. The van der Waals surface area contributed by atoms with E-state index >= 15 is 0 Å². The van der Waals surface area contributed by atoms with E-state index in [4.69, 9.17) is 6.57 Å². The fourth-order valence-corrected chi connectivity index (χ4v) is 11.6. The number of nitrogens with zero attached hydrogens (tertiary/aromatic N) is 2. The molecule has 1 unspecified atom stereocenters. The van der Waals surface area contributed by atoms with Crippen molar-refractivity contribution in [2.45, 2.75) is 24.7 Å². The topological polar surface area (TPSA) is 24.7 Å². The normalized spacial score (nSPS) is 16.0. The predicted molar refractivity (Wildman–Crippen MR) is 240 cm³/mol. The van der Waals surface area contributed by atoms with Gasteiger partial charge in [0.2, 0.25) is 0 Å². The molecule has 3 aliphatic carbocycles. The fourth-order valence-electron chi connectivity index (χ4n) is 10.5. The van der Waals surface area contributed by atoms with Crippen molar-refractivity contribution in [3.63, 3.8) is 0 Å². The van der Waals surface area contributed by atoms with Crippen LogP contribution in [0.1, 0.15) is 47.2 Å². The van der Waals surface area contributed by atoms with E-state index in [9.17, 15) is 4.79 Å². The molecule has 0 bridgehead atoms. The second-order valence-electron chi connectivity index (χ2n) is 16.3. The molecule has 8 aromatic carbocycles. The molecule has 1 heterocycles. The number of para-hydroxylation sites is 1. The molecule has 0 saturated carbocycles. The minimum absolute atomic E-state index is 0.00591. The third kappa shape index (κ3) is 4.24. The molecule has 1 atom stereocenters. The molecule has 0 saturated heterocycles. The summed E-state index contributed by atoms with van der Waals surface area (Å²) < 4.78 is 1.77. The quantitative estimate of drug-likeness (QED) is 0.132. The first kappa shape index (κ1) is 33.1. The lowest BCUT2D eigenvalue weighted by Gasteiger charge is -2.32. The third-order valence-electron chi connectivity index (χ3n) is 13.1. The highest BCUT2D eigenvalue weighted by Crippen LogP contribution is 2.64. The van der Waals surface area contributed by atoms with Crippen LogP contribution < -0.4 is 10.3 Å². The summed E-state index contributed by atoms with van der Waals surface area (Å²) in [5.41, 5.74) is 17.9. The Labute approximate surface area is 340 Å². The Morgan fingerprint density at radius 2 is 1.00 bits per heavy atom. The molecule has 272 valence electrons. The van der Waals surface area contributed by atoms with Gasteiger partial charge in [0, 0.05) is 42.6 Å². The van der Waals surface area contributed by atoms with Gasteiger partial charge in [-0.15, -0.1) is 11.3 Å². The number of benzene rings is 8. The highest BCUT2D eigenvalue weighted by molar-refractivity contribution is 7.24. The van der Waals surface area contributed by atoms with Crippen LogP contribution in [0.4, 0.5) is 22.7 Å². The Balaban J connectivity index is 1.13. The maximum Gasteiger partial charge on any atom is 0.195 e. The molecular formula is C54H34N2OS. The SMILES string of the molecule is [C-]#[N+]c1ccc2c(=O)c3cc4c(cc3sc2c1)-c1ccccc1C41c2ccccc2-c2ccc(N(c3ccccc3)c3ccc4c(c3)C(C)(C)c3ccccc3-4)cc21. The zero-order valence-electron chi connectivity index (χ0n) is 31.9. The van der Waals surface area contributed by atoms with Crippen LogP contribution in [0.2, 0.25) is 0 Å². The van der Waals surface area contributed by atoms with Crippen LogP contribution >= 0.6 is 11.3 Å². The first-order chi connectivity index (χ1) is 28.4. The molecule has 3 aliphatic rings. The standard InChI is InChI=1S/C54H34N2OS/c1-53(2)44-18-10-7-15-36(44)39-25-22-34(28-47(39)53)56(33-13-5-4-6-14-33)35-23-26-40-37-16-8-11-19-45(37)54(48(40)29-35)46-20-12-9-17-38(46)42-31-51-43(30-49(42)54)52(57)41-24-21-32(55-3)27-50(41)58-51/h4-31H,1-2H3. The van der Waals surface area contributed by atoms with Crippen molar-refractivity contribution in [2.75, 3.05) is 4.90 Å². The molecule has 4 heteroatoms. The summed E-state index contributed by atoms with van der Waals surface area (Å²) in [7, 11) is 0. The lowest BCUT2D eigenvalue weighted by atomic mass is 9.70. The molecular weight excluding hydrogens is 725 g/mol. The van der Waals surface area contributed by atoms with Crippen molar-refractivity contribution in [1.82, 2.24) is 0 Å². The number of rotatable bonds is 3. The molecule has 0 amide bonds. The Morgan fingerprint density at radius 3 is 1.69 bits per heavy atom. The van der Waals surface area contributed by atoms with Gasteiger partial charge in [0.15, 0.2) is 11.1 Å². The summed E-state index contributed by atoms with van der Waals surface area (Å²) in [6.45, 7) is 12.3. The van der Waals surface area contributed by atoms with E-state index in [1.54, 1.807) is 17.4 Å². The van der Waals surface area contributed by atoms with Gasteiger partial charge in [-0.05, 0) is 121 Å². The van der Waals surface area contributed by atoms with Crippen molar-refractivity contribution in [3.8, 4) is 33.4 Å². The molecule has 0 radical (unpaired) electrons. The van der Waals surface area contributed by atoms with Crippen LogP contribution in [0, 0.1) is 6.57 Å². The predicted octanol–water partition coefficient (Wildman–Crippen LogP) is 14.1. The zero-order valence-corrected chi connectivity index (χ0v) is 32.7. The summed E-state index contributed by atoms with van der Waals surface area (Å²) in [6, 6.07) is 61.0. The fraction of sp³-hybridized carbons (Fsp3) is 0.0741. The van der Waals surface area contributed by atoms with Crippen molar-refractivity contribution >= 4 is 54.3 Å². The second-order valence-corrected chi connectivity index (χ2v) is 17.3. The summed E-state index contributed by atoms with van der Waals surface area (Å²) >= 11 is 1.59. The summed E-state index contributed by atoms with van der Waals surface area (Å²) in [4.78, 5) is 20.5. The van der Waals surface area contributed by atoms with Crippen LogP contribution in [0.15, 0.2) is 175 Å². The van der Waals surface area contributed by atoms with Crippen molar-refractivity contribution < 1.29 is 0 Å². The monoisotopic (exact) mass is 758 g/mol. The average molecular weight is 759 g/mol. The molecule has 0 N–H and O–H groups in total. The van der Waals surface area contributed by atoms with Gasteiger partial charge in [-0.1, -0.05) is 129 Å². The largest absolute Gasteiger partial charge is 0.310 e. The van der Waals surface area contributed by atoms with E-state index < -0.39 is 5.41 Å². The lowest BCUT2D eigenvalue weighted by Crippen LogP contribution is -2.26. The second kappa shape index (κ2) is 11.7. The minimum atomic E-state index is -0.647. The van der Waals surface area contributed by atoms with Gasteiger partial charge in [-0.3, -0.25) is 4.79 Å². The maximum atomic E-state index is 14.4. The minimum Gasteiger partial charge on any atom is -0.310 e. The lowest BCUT2D eigenvalue weighted by molar-refractivity contribution is 0.660. The number of fused-ring (bicyclic) bond motifs is 15. The number of hydrogen-bond donors (Lipinski definition) is 0. The molecule has 3 nitrogen and oxygen atoms in total. The third-order valence-corrected chi connectivity index (χ3v) is 14.2. The van der Waals surface area contributed by atoms with Gasteiger partial charge < -0.3 is 4.90 Å². The van der Waals surface area contributed by atoms with Gasteiger partial charge in [-0.2, -0.15) is 0 Å². The Bertz CT molecular complexity index is 3370. The van der Waals surface area contributed by atoms with E-state index in [2.05, 4.69) is 175 Å². The molecule has 0 aliphatic heterocycles. The molecule has 1 aromatic heterocycles. The Hall–Kier alpha value is -7.06. The van der Waals surface area contributed by atoms with E-state index in [1.165, 1.54) is 55.6 Å². The van der Waals surface area contributed by atoms with Crippen molar-refractivity contribution in [1.29, 1.82) is 0 Å². The summed E-state index contributed by atoms with van der Waals surface area (Å²) in [6.07, 6.45) is 0. The Kier molecular flexibility index (Phi) is 6.70. The number of anilines is 3. The van der Waals surface area contributed by atoms with Gasteiger partial charge >= 0.3 is 0 Å². The highest BCUT2D eigenvalue weighted by Gasteiger charge is 2.52. The molecule has 9 aromatic rings. The average Bonchev–Trinajstić information content (AvgIpc) is 3.81. The van der Waals surface area contributed by atoms with Crippen LogP contribution in [0.25, 0.3) is 58.4 Å². The highest BCUT2D eigenvalue weighted by atomic mass is 32.1. The number of hydrogen-bond acceptors (Lipinski definition) is 3.